The first-order valence-electron chi connectivity index (χ1n) is 5.41. The van der Waals surface area contributed by atoms with E-state index >= 15 is 0 Å². The Morgan fingerprint density at radius 3 is 2.58 bits per heavy atom. The number of rotatable bonds is 5. The Morgan fingerprint density at radius 1 is 1.32 bits per heavy atom. The lowest BCUT2D eigenvalue weighted by Gasteiger charge is -2.03. The summed E-state index contributed by atoms with van der Waals surface area (Å²) in [7, 11) is -0.348. The number of sulfonamides is 1. The van der Waals surface area contributed by atoms with Gasteiger partial charge in [-0.2, -0.15) is 5.10 Å². The van der Waals surface area contributed by atoms with Crippen LogP contribution >= 0.6 is 11.6 Å². The lowest BCUT2D eigenvalue weighted by molar-refractivity contribution is 0.577. The van der Waals surface area contributed by atoms with Gasteiger partial charge in [-0.3, -0.25) is 4.68 Å². The van der Waals surface area contributed by atoms with Crippen LogP contribution in [0.3, 0.4) is 0 Å². The lowest BCUT2D eigenvalue weighted by Crippen LogP contribution is -2.27. The summed E-state index contributed by atoms with van der Waals surface area (Å²) in [5.74, 6) is 0.567. The van der Waals surface area contributed by atoms with E-state index in [2.05, 4.69) is 19.8 Å². The maximum absolute atomic E-state index is 11.9. The normalized spacial score (nSPS) is 11.9. The average molecular weight is 305 g/mol. The van der Waals surface area contributed by atoms with E-state index in [0.29, 0.717) is 12.2 Å². The highest BCUT2D eigenvalue weighted by atomic mass is 35.5. The van der Waals surface area contributed by atoms with Gasteiger partial charge in [0.15, 0.2) is 5.82 Å². The van der Waals surface area contributed by atoms with Gasteiger partial charge in [0.1, 0.15) is 11.5 Å². The van der Waals surface area contributed by atoms with Crippen molar-refractivity contribution < 1.29 is 8.42 Å². The number of aryl methyl sites for hydroxylation is 2. The number of aromatic nitrogens is 5. The first-order chi connectivity index (χ1) is 8.90. The molecule has 2 aromatic rings. The zero-order chi connectivity index (χ0) is 14.0. The highest BCUT2D eigenvalue weighted by Crippen LogP contribution is 2.17. The maximum atomic E-state index is 11.9. The quantitative estimate of drug-likeness (QED) is 0.820. The fourth-order valence-electron chi connectivity index (χ4n) is 1.44. The van der Waals surface area contributed by atoms with Crippen molar-refractivity contribution in [3.8, 4) is 0 Å². The number of nitrogens with one attached hydrogen (secondary N) is 1. The Balaban J connectivity index is 2.00. The van der Waals surface area contributed by atoms with Crippen LogP contribution in [0.1, 0.15) is 5.82 Å². The van der Waals surface area contributed by atoms with Crippen molar-refractivity contribution in [3.05, 3.63) is 23.6 Å². The number of imidazole rings is 1. The number of halogens is 1. The van der Waals surface area contributed by atoms with Crippen molar-refractivity contribution in [1.29, 1.82) is 0 Å². The Morgan fingerprint density at radius 2 is 2.05 bits per heavy atom. The molecular weight excluding hydrogens is 292 g/mol. The fourth-order valence-corrected chi connectivity index (χ4v) is 2.89. The molecule has 8 nitrogen and oxygen atoms in total. The molecule has 19 heavy (non-hydrogen) atoms. The molecule has 2 heterocycles. The topological polar surface area (TPSA) is 94.7 Å². The number of hydrogen-bond acceptors (Lipinski definition) is 5. The summed E-state index contributed by atoms with van der Waals surface area (Å²) in [6.45, 7) is 0.180. The van der Waals surface area contributed by atoms with E-state index < -0.39 is 10.0 Å². The molecule has 0 aromatic carbocycles. The highest BCUT2D eigenvalue weighted by Gasteiger charge is 2.21. The van der Waals surface area contributed by atoms with Gasteiger partial charge in [-0.25, -0.2) is 23.1 Å². The third kappa shape index (κ3) is 3.11. The van der Waals surface area contributed by atoms with Gasteiger partial charge in [0, 0.05) is 27.1 Å². The van der Waals surface area contributed by atoms with Crippen molar-refractivity contribution in [2.75, 3.05) is 6.54 Å². The van der Waals surface area contributed by atoms with Crippen LogP contribution in [0.25, 0.3) is 0 Å². The van der Waals surface area contributed by atoms with E-state index in [1.165, 1.54) is 10.9 Å². The van der Waals surface area contributed by atoms with Gasteiger partial charge in [-0.1, -0.05) is 11.6 Å². The van der Waals surface area contributed by atoms with Crippen LogP contribution < -0.4 is 4.72 Å². The van der Waals surface area contributed by atoms with Crippen molar-refractivity contribution in [2.24, 2.45) is 14.1 Å². The molecule has 0 aliphatic rings. The zero-order valence-electron chi connectivity index (χ0n) is 10.4. The molecule has 10 heteroatoms. The van der Waals surface area contributed by atoms with Crippen LogP contribution in [0, 0.1) is 0 Å². The van der Waals surface area contributed by atoms with Crippen LogP contribution in [-0.2, 0) is 30.5 Å². The molecule has 0 unspecified atom stereocenters. The number of nitrogens with zero attached hydrogens (tertiary/aromatic N) is 5. The number of hydrogen-bond donors (Lipinski definition) is 1. The van der Waals surface area contributed by atoms with Crippen molar-refractivity contribution in [3.63, 3.8) is 0 Å². The van der Waals surface area contributed by atoms with Gasteiger partial charge in [0.05, 0.1) is 6.33 Å². The summed E-state index contributed by atoms with van der Waals surface area (Å²) in [5.41, 5.74) is 0. The second-order valence-electron chi connectivity index (χ2n) is 3.93. The SMILES string of the molecule is Cn1cnc(CCNS(=O)(=O)c2ncn(C)c2Cl)n1. The molecule has 0 radical (unpaired) electrons. The molecule has 0 atom stereocenters. The zero-order valence-corrected chi connectivity index (χ0v) is 12.0. The third-order valence-corrected chi connectivity index (χ3v) is 4.33. The average Bonchev–Trinajstić information content (AvgIpc) is 2.87. The molecule has 0 amide bonds. The standard InChI is InChI=1S/C9H13ClN6O2S/c1-15-5-12-9(8(15)10)19(17,18)13-4-3-7-11-6-16(2)14-7/h5-6,13H,3-4H2,1-2H3. The predicted molar refractivity (Wildman–Crippen MR) is 68.1 cm³/mol. The van der Waals surface area contributed by atoms with E-state index in [1.807, 2.05) is 0 Å². The van der Waals surface area contributed by atoms with Gasteiger partial charge >= 0.3 is 0 Å². The van der Waals surface area contributed by atoms with Crippen LogP contribution in [0.4, 0.5) is 0 Å². The molecule has 0 spiro atoms. The Labute approximate surface area is 115 Å². The van der Waals surface area contributed by atoms with E-state index in [9.17, 15) is 8.42 Å². The molecule has 0 bridgehead atoms. The van der Waals surface area contributed by atoms with Gasteiger partial charge in [-0.05, 0) is 0 Å². The molecule has 0 saturated carbocycles. The van der Waals surface area contributed by atoms with Gasteiger partial charge in [0.2, 0.25) is 5.03 Å². The predicted octanol–water partition coefficient (Wildman–Crippen LogP) is -0.277. The summed E-state index contributed by atoms with van der Waals surface area (Å²) in [4.78, 5) is 7.76. The molecule has 2 rings (SSSR count). The van der Waals surface area contributed by atoms with E-state index in [1.54, 1.807) is 25.1 Å². The summed E-state index contributed by atoms with van der Waals surface area (Å²) < 4.78 is 29.3. The van der Waals surface area contributed by atoms with Crippen molar-refractivity contribution >= 4 is 21.6 Å². The second-order valence-corrected chi connectivity index (χ2v) is 5.97. The first-order valence-corrected chi connectivity index (χ1v) is 7.27. The van der Waals surface area contributed by atoms with E-state index in [4.69, 9.17) is 11.6 Å². The molecule has 0 aliphatic carbocycles. The van der Waals surface area contributed by atoms with Crippen molar-refractivity contribution in [2.45, 2.75) is 11.4 Å². The maximum Gasteiger partial charge on any atom is 0.261 e. The molecule has 0 aliphatic heterocycles. The highest BCUT2D eigenvalue weighted by molar-refractivity contribution is 7.89. The molecule has 1 N–H and O–H groups in total. The smallest absolute Gasteiger partial charge is 0.261 e. The van der Waals surface area contributed by atoms with Crippen LogP contribution in [-0.4, -0.2) is 39.3 Å². The summed E-state index contributed by atoms with van der Waals surface area (Å²) in [5, 5.41) is 3.95. The third-order valence-electron chi connectivity index (χ3n) is 2.38. The van der Waals surface area contributed by atoms with Crippen LogP contribution in [0.2, 0.25) is 5.15 Å². The monoisotopic (exact) mass is 304 g/mol. The Kier molecular flexibility index (Phi) is 3.88. The molecule has 2 aromatic heterocycles. The van der Waals surface area contributed by atoms with E-state index in [0.717, 1.165) is 0 Å². The molecule has 0 saturated heterocycles. The largest absolute Gasteiger partial charge is 0.324 e. The molecular formula is C9H13ClN6O2S. The first kappa shape index (κ1) is 14.0. The minimum atomic E-state index is -3.71. The summed E-state index contributed by atoms with van der Waals surface area (Å²) in [6.07, 6.45) is 3.29. The second kappa shape index (κ2) is 5.27. The van der Waals surface area contributed by atoms with E-state index in [-0.39, 0.29) is 16.7 Å². The Hall–Kier alpha value is -1.45. The van der Waals surface area contributed by atoms with Gasteiger partial charge < -0.3 is 4.57 Å². The fraction of sp³-hybridized carbons (Fsp3) is 0.444. The summed E-state index contributed by atoms with van der Waals surface area (Å²) >= 11 is 5.85. The summed E-state index contributed by atoms with van der Waals surface area (Å²) in [6, 6.07) is 0. The molecule has 0 fully saturated rings. The van der Waals surface area contributed by atoms with Gasteiger partial charge in [-0.15, -0.1) is 0 Å². The Bertz CT molecular complexity index is 677. The van der Waals surface area contributed by atoms with Gasteiger partial charge in [0.25, 0.3) is 10.0 Å². The van der Waals surface area contributed by atoms with Crippen LogP contribution in [0.5, 0.6) is 0 Å². The lowest BCUT2D eigenvalue weighted by atomic mass is 10.4. The van der Waals surface area contributed by atoms with Crippen molar-refractivity contribution in [1.82, 2.24) is 29.0 Å². The minimum absolute atomic E-state index is 0.0726. The molecule has 104 valence electrons. The minimum Gasteiger partial charge on any atom is -0.324 e. The van der Waals surface area contributed by atoms with Crippen LogP contribution in [0.15, 0.2) is 17.7 Å².